The smallest absolute Gasteiger partial charge is 0.407 e. The number of carbonyl (C=O) groups is 2. The van der Waals surface area contributed by atoms with Gasteiger partial charge in [0.25, 0.3) is 5.91 Å². The van der Waals surface area contributed by atoms with Crippen molar-refractivity contribution in [3.63, 3.8) is 0 Å². The van der Waals surface area contributed by atoms with Crippen LogP contribution in [-0.2, 0) is 29.0 Å². The number of amides is 2. The first-order chi connectivity index (χ1) is 19.1. The van der Waals surface area contributed by atoms with Crippen LogP contribution in [-0.4, -0.2) is 46.8 Å². The van der Waals surface area contributed by atoms with Crippen LogP contribution in [0.1, 0.15) is 27.5 Å². The molecule has 0 fully saturated rings. The minimum Gasteiger partial charge on any atom is -0.448 e. The molecule has 2 unspecified atom stereocenters. The Kier molecular flexibility index (Phi) is 8.58. The van der Waals surface area contributed by atoms with E-state index in [0.717, 1.165) is 34.5 Å². The normalized spacial score (nSPS) is 15.8. The number of para-hydroxylation sites is 1. The van der Waals surface area contributed by atoms with E-state index in [-0.39, 0.29) is 12.5 Å². The molecule has 8 nitrogen and oxygen atoms in total. The Balaban J connectivity index is 1.19. The van der Waals surface area contributed by atoms with Gasteiger partial charge in [-0.25, -0.2) is 10.3 Å². The molecule has 0 saturated carbocycles. The van der Waals surface area contributed by atoms with E-state index in [0.29, 0.717) is 19.6 Å². The summed E-state index contributed by atoms with van der Waals surface area (Å²) < 4.78 is 5.47. The summed E-state index contributed by atoms with van der Waals surface area (Å²) in [5.41, 5.74) is 6.11. The summed E-state index contributed by atoms with van der Waals surface area (Å²) in [4.78, 5) is 30.7. The van der Waals surface area contributed by atoms with Crippen molar-refractivity contribution in [1.29, 1.82) is 0 Å². The SMILES string of the molecule is O=C(NCc1cccs1)OCCN(CCc1c[nH]c2ccccc12)Cc1ccc(C2C#CC2C(=O)NO)cc1. The van der Waals surface area contributed by atoms with Crippen molar-refractivity contribution in [2.45, 2.75) is 25.4 Å². The molecular weight excluding hydrogens is 512 g/mol. The zero-order chi connectivity index (χ0) is 27.0. The second-order valence-electron chi connectivity index (χ2n) is 9.42. The van der Waals surface area contributed by atoms with Gasteiger partial charge in [0.1, 0.15) is 12.5 Å². The lowest BCUT2D eigenvalue weighted by atomic mass is 9.79. The van der Waals surface area contributed by atoms with Gasteiger partial charge in [-0.15, -0.1) is 11.3 Å². The topological polar surface area (TPSA) is 107 Å². The second-order valence-corrected chi connectivity index (χ2v) is 10.4. The van der Waals surface area contributed by atoms with Crippen molar-refractivity contribution in [1.82, 2.24) is 20.7 Å². The van der Waals surface area contributed by atoms with Crippen molar-refractivity contribution in [3.8, 4) is 11.8 Å². The predicted octanol–water partition coefficient (Wildman–Crippen LogP) is 4.42. The van der Waals surface area contributed by atoms with Crippen molar-refractivity contribution in [2.75, 3.05) is 19.7 Å². The highest BCUT2D eigenvalue weighted by molar-refractivity contribution is 7.09. The van der Waals surface area contributed by atoms with E-state index in [1.165, 1.54) is 10.9 Å². The lowest BCUT2D eigenvalue weighted by Gasteiger charge is -2.24. The van der Waals surface area contributed by atoms with Gasteiger partial charge >= 0.3 is 6.09 Å². The van der Waals surface area contributed by atoms with E-state index >= 15 is 0 Å². The number of alkyl carbamates (subject to hydrolysis) is 1. The summed E-state index contributed by atoms with van der Waals surface area (Å²) in [5.74, 6) is 4.58. The van der Waals surface area contributed by atoms with Gasteiger partial charge < -0.3 is 15.0 Å². The molecule has 2 aromatic carbocycles. The van der Waals surface area contributed by atoms with Gasteiger partial charge in [0.15, 0.2) is 0 Å². The van der Waals surface area contributed by atoms with Gasteiger partial charge in [-0.1, -0.05) is 60.4 Å². The maximum absolute atomic E-state index is 12.2. The molecule has 0 aliphatic heterocycles. The number of thiophene rings is 1. The van der Waals surface area contributed by atoms with Gasteiger partial charge in [0.2, 0.25) is 0 Å². The number of benzene rings is 2. The Morgan fingerprint density at radius 1 is 1.05 bits per heavy atom. The molecule has 4 aromatic rings. The number of H-pyrrole nitrogens is 1. The summed E-state index contributed by atoms with van der Waals surface area (Å²) >= 11 is 1.59. The van der Waals surface area contributed by atoms with E-state index in [9.17, 15) is 9.59 Å². The predicted molar refractivity (Wildman–Crippen MR) is 150 cm³/mol. The van der Waals surface area contributed by atoms with Crippen LogP contribution in [0.3, 0.4) is 0 Å². The highest BCUT2D eigenvalue weighted by Crippen LogP contribution is 2.30. The summed E-state index contributed by atoms with van der Waals surface area (Å²) in [6.07, 6.45) is 2.49. The van der Waals surface area contributed by atoms with Crippen LogP contribution < -0.4 is 10.8 Å². The zero-order valence-corrected chi connectivity index (χ0v) is 22.2. The van der Waals surface area contributed by atoms with Crippen LogP contribution in [0.15, 0.2) is 72.2 Å². The quantitative estimate of drug-likeness (QED) is 0.120. The minimum atomic E-state index is -0.531. The molecule has 1 aliphatic rings. The van der Waals surface area contributed by atoms with E-state index in [2.05, 4.69) is 45.4 Å². The zero-order valence-electron chi connectivity index (χ0n) is 21.4. The first-order valence-electron chi connectivity index (χ1n) is 12.8. The summed E-state index contributed by atoms with van der Waals surface area (Å²) in [7, 11) is 0. The molecule has 5 rings (SSSR count). The molecule has 39 heavy (non-hydrogen) atoms. The number of carbonyl (C=O) groups excluding carboxylic acids is 2. The minimum absolute atomic E-state index is 0.217. The first kappa shape index (κ1) is 26.5. The maximum Gasteiger partial charge on any atom is 0.407 e. The number of nitrogens with zero attached hydrogens (tertiary/aromatic N) is 1. The van der Waals surface area contributed by atoms with E-state index in [4.69, 9.17) is 9.94 Å². The number of nitrogens with one attached hydrogen (secondary N) is 3. The summed E-state index contributed by atoms with van der Waals surface area (Å²) in [6.45, 7) is 2.79. The van der Waals surface area contributed by atoms with Crippen molar-refractivity contribution in [2.24, 2.45) is 5.92 Å². The molecule has 2 amide bonds. The third-order valence-corrected chi connectivity index (χ3v) is 7.74. The van der Waals surface area contributed by atoms with Crippen LogP contribution in [0.2, 0.25) is 0 Å². The molecule has 0 spiro atoms. The maximum atomic E-state index is 12.2. The van der Waals surface area contributed by atoms with Crippen LogP contribution in [0.25, 0.3) is 10.9 Å². The average molecular weight is 543 g/mol. The highest BCUT2D eigenvalue weighted by atomic mass is 32.1. The first-order valence-corrected chi connectivity index (χ1v) is 13.7. The Labute approximate surface area is 230 Å². The molecule has 2 aromatic heterocycles. The van der Waals surface area contributed by atoms with Gasteiger partial charge in [-0.3, -0.25) is 14.9 Å². The molecule has 1 aliphatic carbocycles. The number of hydrogen-bond acceptors (Lipinski definition) is 6. The third kappa shape index (κ3) is 6.67. The number of rotatable bonds is 12. The van der Waals surface area contributed by atoms with Gasteiger partial charge in [-0.2, -0.15) is 0 Å². The fourth-order valence-electron chi connectivity index (χ4n) is 4.68. The number of aromatic amines is 1. The lowest BCUT2D eigenvalue weighted by molar-refractivity contribution is -0.132. The van der Waals surface area contributed by atoms with Crippen molar-refractivity contribution < 1.29 is 19.5 Å². The molecule has 0 bridgehead atoms. The summed E-state index contributed by atoms with van der Waals surface area (Å²) in [6, 6.07) is 20.2. The molecular formula is C30H30N4O4S. The van der Waals surface area contributed by atoms with Crippen LogP contribution in [0.4, 0.5) is 4.79 Å². The van der Waals surface area contributed by atoms with E-state index in [1.54, 1.807) is 16.8 Å². The Bertz CT molecular complexity index is 1470. The van der Waals surface area contributed by atoms with Gasteiger partial charge in [0, 0.05) is 41.6 Å². The molecule has 200 valence electrons. The van der Waals surface area contributed by atoms with Gasteiger partial charge in [-0.05, 0) is 40.6 Å². The highest BCUT2D eigenvalue weighted by Gasteiger charge is 2.32. The molecule has 9 heteroatoms. The number of hydrogen-bond donors (Lipinski definition) is 4. The van der Waals surface area contributed by atoms with Crippen LogP contribution in [0, 0.1) is 17.8 Å². The van der Waals surface area contributed by atoms with Crippen molar-refractivity contribution >= 4 is 34.2 Å². The Hall–Kier alpha value is -4.10. The third-order valence-electron chi connectivity index (χ3n) is 6.87. The fraction of sp³-hybridized carbons (Fsp3) is 0.267. The number of fused-ring (bicyclic) bond motifs is 1. The van der Waals surface area contributed by atoms with E-state index < -0.39 is 17.9 Å². The standard InChI is InChI=1S/C30H30N4O4S/c35-29(33-37)27-12-11-25(27)22-9-7-21(8-10-22)20-34(14-13-23-18-31-28-6-2-1-5-26(23)28)15-16-38-30(36)32-19-24-4-3-17-39-24/h1-10,17-18,25,27,31,37H,13-16,19-20H2,(H,32,36)(H,33,35). The summed E-state index contributed by atoms with van der Waals surface area (Å²) in [5, 5.41) is 14.9. The fourth-order valence-corrected chi connectivity index (χ4v) is 5.32. The Morgan fingerprint density at radius 2 is 1.90 bits per heavy atom. The monoisotopic (exact) mass is 542 g/mol. The molecule has 4 N–H and O–H groups in total. The van der Waals surface area contributed by atoms with Crippen molar-refractivity contribution in [3.05, 3.63) is 93.8 Å². The lowest BCUT2D eigenvalue weighted by Crippen LogP contribution is -2.34. The van der Waals surface area contributed by atoms with Crippen LogP contribution >= 0.6 is 11.3 Å². The van der Waals surface area contributed by atoms with E-state index in [1.807, 2.05) is 53.9 Å². The second kappa shape index (κ2) is 12.6. The molecule has 2 heterocycles. The Morgan fingerprint density at radius 3 is 2.64 bits per heavy atom. The van der Waals surface area contributed by atoms with Crippen LogP contribution in [0.5, 0.6) is 0 Å². The molecule has 2 atom stereocenters. The number of aromatic nitrogens is 1. The van der Waals surface area contributed by atoms with Gasteiger partial charge in [0.05, 0.1) is 12.5 Å². The largest absolute Gasteiger partial charge is 0.448 e. The number of ether oxygens (including phenoxy) is 1. The average Bonchev–Trinajstić information content (AvgIpc) is 3.61. The number of hydroxylamine groups is 1. The molecule has 0 radical (unpaired) electrons. The molecule has 0 saturated heterocycles.